The number of H-pyrrole nitrogens is 2. The van der Waals surface area contributed by atoms with E-state index < -0.39 is 22.8 Å². The van der Waals surface area contributed by atoms with Gasteiger partial charge in [-0.3, -0.25) is 14.8 Å². The monoisotopic (exact) mass is 177 g/mol. The Balaban J connectivity index is 0.00000121. The maximum absolute atomic E-state index is 10.7. The van der Waals surface area contributed by atoms with Crippen LogP contribution in [0.4, 0.5) is 5.69 Å². The quantitative estimate of drug-likeness (QED) is 0.333. The first-order valence-electron chi connectivity index (χ1n) is 2.65. The van der Waals surface area contributed by atoms with E-state index in [1.54, 1.807) is 0 Å². The summed E-state index contributed by atoms with van der Waals surface area (Å²) < 4.78 is 0. The summed E-state index contributed by atoms with van der Waals surface area (Å²) in [4.78, 5) is 27.9. The van der Waals surface area contributed by atoms with Crippen molar-refractivity contribution in [3.05, 3.63) is 20.8 Å². The minimum absolute atomic E-state index is 0. The molecule has 1 aromatic heterocycles. The molecule has 0 aliphatic heterocycles. The molecule has 0 atom stereocenters. The normalized spacial score (nSPS) is 8.67. The smallest absolute Gasteiger partial charge is 0.858 e. The van der Waals surface area contributed by atoms with Crippen molar-refractivity contribution in [2.45, 2.75) is 0 Å². The zero-order valence-electron chi connectivity index (χ0n) is 6.38. The van der Waals surface area contributed by atoms with Crippen LogP contribution in [0.15, 0.2) is 14.6 Å². The molecule has 0 saturated carbocycles. The van der Waals surface area contributed by atoms with Crippen LogP contribution in [0.1, 0.15) is 0 Å². The molecule has 2 N–H and O–H groups in total. The predicted molar refractivity (Wildman–Crippen MR) is 36.3 cm³/mol. The van der Waals surface area contributed by atoms with Gasteiger partial charge in [-0.2, -0.15) is 0 Å². The van der Waals surface area contributed by atoms with Crippen LogP contribution in [0.25, 0.3) is 0 Å². The molecule has 7 heteroatoms. The molecule has 0 aliphatic carbocycles. The van der Waals surface area contributed by atoms with Gasteiger partial charge in [-0.15, -0.1) is 0 Å². The van der Waals surface area contributed by atoms with Gasteiger partial charge in [0.05, 0.1) is 0 Å². The number of aliphatic imine (C=N–C) groups is 1. The molecule has 0 aromatic carbocycles. The number of nitrogens with one attached hydrogen (secondary N) is 2. The van der Waals surface area contributed by atoms with Crippen molar-refractivity contribution < 1.29 is 34.7 Å². The van der Waals surface area contributed by atoms with Crippen LogP contribution < -0.4 is 45.9 Å². The van der Waals surface area contributed by atoms with Crippen LogP contribution in [-0.2, 0) is 0 Å². The van der Waals surface area contributed by atoms with Crippen LogP contribution in [0.5, 0.6) is 5.88 Å². The van der Waals surface area contributed by atoms with Gasteiger partial charge < -0.3 is 10.1 Å². The van der Waals surface area contributed by atoms with Crippen molar-refractivity contribution in [1.29, 1.82) is 0 Å². The predicted octanol–water partition coefficient (Wildman–Crippen LogP) is -4.53. The van der Waals surface area contributed by atoms with Gasteiger partial charge in [0.15, 0.2) is 0 Å². The van der Waals surface area contributed by atoms with Crippen LogP contribution in [-0.4, -0.2) is 16.7 Å². The van der Waals surface area contributed by atoms with Crippen molar-refractivity contribution in [3.63, 3.8) is 0 Å². The second-order valence-electron chi connectivity index (χ2n) is 1.74. The van der Waals surface area contributed by atoms with Gasteiger partial charge in [0, 0.05) is 0 Å². The molecular weight excluding hydrogens is 173 g/mol. The van der Waals surface area contributed by atoms with E-state index in [0.717, 1.165) is 0 Å². The third-order valence-electron chi connectivity index (χ3n) is 1.04. The summed E-state index contributed by atoms with van der Waals surface area (Å²) in [6.07, 6.45) is 0. The van der Waals surface area contributed by atoms with Crippen molar-refractivity contribution in [2.24, 2.45) is 4.99 Å². The van der Waals surface area contributed by atoms with Crippen molar-refractivity contribution in [2.75, 3.05) is 0 Å². The Hall–Kier alpha value is -0.850. The Bertz CT molecular complexity index is 394. The maximum atomic E-state index is 10.7. The third-order valence-corrected chi connectivity index (χ3v) is 1.04. The molecule has 0 saturated heterocycles. The van der Waals surface area contributed by atoms with Crippen molar-refractivity contribution in [1.82, 2.24) is 9.97 Å². The van der Waals surface area contributed by atoms with E-state index in [-0.39, 0.29) is 29.6 Å². The first-order chi connectivity index (χ1) is 5.15. The summed E-state index contributed by atoms with van der Waals surface area (Å²) in [7, 11) is 0. The molecule has 1 heterocycles. The van der Waals surface area contributed by atoms with Crippen LogP contribution in [0.3, 0.4) is 0 Å². The minimum Gasteiger partial charge on any atom is -0.858 e. The molecule has 12 heavy (non-hydrogen) atoms. The molecule has 0 unspecified atom stereocenters. The number of hydrogen-bond acceptors (Lipinski definition) is 4. The van der Waals surface area contributed by atoms with E-state index in [1.165, 1.54) is 0 Å². The SMILES string of the molecule is C=Nc1c([O-])[nH]c(=O)[nH]c1=O.[Na+]. The van der Waals surface area contributed by atoms with Gasteiger partial charge in [-0.1, -0.05) is 0 Å². The van der Waals surface area contributed by atoms with Gasteiger partial charge in [-0.05, 0) is 12.6 Å². The van der Waals surface area contributed by atoms with Crippen LogP contribution >= 0.6 is 0 Å². The molecule has 0 aliphatic rings. The number of aromatic nitrogens is 2. The first-order valence-corrected chi connectivity index (χ1v) is 2.65. The Labute approximate surface area is 88.7 Å². The average Bonchev–Trinajstić information content (AvgIpc) is 1.85. The summed E-state index contributed by atoms with van der Waals surface area (Å²) in [6.45, 7) is 2.99. The Kier molecular flexibility index (Phi) is 3.94. The van der Waals surface area contributed by atoms with E-state index in [4.69, 9.17) is 0 Å². The van der Waals surface area contributed by atoms with Gasteiger partial charge >= 0.3 is 35.2 Å². The number of nitrogens with zero attached hydrogens (tertiary/aromatic N) is 1. The van der Waals surface area contributed by atoms with Crippen molar-refractivity contribution in [3.8, 4) is 5.88 Å². The molecule has 0 amide bonds. The topological polar surface area (TPSA) is 101 Å². The molecule has 6 nitrogen and oxygen atoms in total. The van der Waals surface area contributed by atoms with Gasteiger partial charge in [0.25, 0.3) is 5.56 Å². The second-order valence-corrected chi connectivity index (χ2v) is 1.74. The fourth-order valence-corrected chi connectivity index (χ4v) is 0.603. The Morgan fingerprint density at radius 2 is 1.92 bits per heavy atom. The number of hydrogen-bond donors (Lipinski definition) is 2. The van der Waals surface area contributed by atoms with E-state index in [2.05, 4.69) is 11.7 Å². The molecule has 0 spiro atoms. The Morgan fingerprint density at radius 1 is 1.33 bits per heavy atom. The van der Waals surface area contributed by atoms with Gasteiger partial charge in [-0.25, -0.2) is 4.79 Å². The number of aromatic amines is 2. The standard InChI is InChI=1S/C5H5N3O3.Na/c1-6-2-3(9)7-5(11)8-4(2)10;/h1H2,(H3,7,8,9,10,11);/q;+1/p-1. The van der Waals surface area contributed by atoms with E-state index in [0.29, 0.717) is 0 Å². The number of rotatable bonds is 1. The summed E-state index contributed by atoms with van der Waals surface area (Å²) in [5.74, 6) is -0.825. The summed E-state index contributed by atoms with van der Waals surface area (Å²) in [5.41, 5.74) is -2.06. The summed E-state index contributed by atoms with van der Waals surface area (Å²) in [6, 6.07) is 0. The van der Waals surface area contributed by atoms with Crippen LogP contribution in [0, 0.1) is 0 Å². The van der Waals surface area contributed by atoms with E-state index in [1.807, 2.05) is 9.97 Å². The summed E-state index contributed by atoms with van der Waals surface area (Å²) >= 11 is 0. The molecule has 1 aromatic rings. The van der Waals surface area contributed by atoms with Crippen molar-refractivity contribution >= 4 is 12.4 Å². The maximum Gasteiger partial charge on any atom is 1.00 e. The molecule has 0 bridgehead atoms. The fraction of sp³-hybridized carbons (Fsp3) is 0. The molecule has 1 rings (SSSR count). The second kappa shape index (κ2) is 4.24. The van der Waals surface area contributed by atoms with Gasteiger partial charge in [0.1, 0.15) is 5.69 Å². The third kappa shape index (κ3) is 2.07. The Morgan fingerprint density at radius 3 is 2.33 bits per heavy atom. The molecule has 0 radical (unpaired) electrons. The van der Waals surface area contributed by atoms with E-state index >= 15 is 0 Å². The first kappa shape index (κ1) is 11.2. The van der Waals surface area contributed by atoms with Gasteiger partial charge in [0.2, 0.25) is 0 Å². The minimum atomic E-state index is -0.840. The molecule has 58 valence electrons. The fourth-order valence-electron chi connectivity index (χ4n) is 0.603. The van der Waals surface area contributed by atoms with E-state index in [9.17, 15) is 14.7 Å². The zero-order valence-corrected chi connectivity index (χ0v) is 8.38. The zero-order chi connectivity index (χ0) is 8.43. The summed E-state index contributed by atoms with van der Waals surface area (Å²) in [5, 5.41) is 10.7. The molecule has 0 fully saturated rings. The average molecular weight is 177 g/mol. The van der Waals surface area contributed by atoms with Crippen LogP contribution in [0.2, 0.25) is 0 Å². The largest absolute Gasteiger partial charge is 1.00 e. The molecular formula is C5H4N3NaO3.